The summed E-state index contributed by atoms with van der Waals surface area (Å²) in [5.41, 5.74) is 0.221. The molecule has 4 rings (SSSR count). The number of hydrogen-bond donors (Lipinski definition) is 0. The lowest BCUT2D eigenvalue weighted by Gasteiger charge is -2.27. The molecule has 2 aromatic rings. The topological polar surface area (TPSA) is 56.3 Å². The molecule has 1 heterocycles. The third-order valence-corrected chi connectivity index (χ3v) is 6.16. The van der Waals surface area contributed by atoms with Gasteiger partial charge >= 0.3 is 6.18 Å². The van der Waals surface area contributed by atoms with Gasteiger partial charge in [0.05, 0.1) is 5.02 Å². The second kappa shape index (κ2) is 7.69. The number of benzene rings is 1. The molecule has 3 atom stereocenters. The van der Waals surface area contributed by atoms with E-state index in [4.69, 9.17) is 16.3 Å². The zero-order valence-corrected chi connectivity index (χ0v) is 16.9. The Labute approximate surface area is 176 Å². The summed E-state index contributed by atoms with van der Waals surface area (Å²) in [5.74, 6) is -1.87. The number of Topliss-reactive ketones (excluding diaryl/α,β-unsaturated/α-hetero) is 2. The molecule has 158 valence electrons. The van der Waals surface area contributed by atoms with Crippen molar-refractivity contribution in [2.75, 3.05) is 0 Å². The Bertz CT molecular complexity index is 999. The third kappa shape index (κ3) is 3.71. The molecular weight excluding hydrogens is 419 g/mol. The number of carbonyl (C=O) groups is 2. The maximum Gasteiger partial charge on any atom is 0.421 e. The minimum Gasteiger partial charge on any atom is -0.438 e. The van der Waals surface area contributed by atoms with Gasteiger partial charge < -0.3 is 4.74 Å². The number of ketones is 2. The molecule has 1 aromatic heterocycles. The van der Waals surface area contributed by atoms with E-state index in [1.54, 1.807) is 6.07 Å². The van der Waals surface area contributed by atoms with E-state index in [-0.39, 0.29) is 34.2 Å². The van der Waals surface area contributed by atoms with E-state index in [1.165, 1.54) is 12.1 Å². The molecule has 2 fully saturated rings. The van der Waals surface area contributed by atoms with E-state index in [0.717, 1.165) is 17.8 Å². The van der Waals surface area contributed by atoms with Gasteiger partial charge in [0, 0.05) is 18.0 Å². The normalized spacial score (nSPS) is 23.7. The van der Waals surface area contributed by atoms with Crippen LogP contribution in [-0.2, 0) is 22.2 Å². The average molecular weight is 438 g/mol. The first-order valence-corrected chi connectivity index (χ1v) is 10.2. The van der Waals surface area contributed by atoms with Gasteiger partial charge in [0.25, 0.3) is 0 Å². The molecule has 2 aliphatic carbocycles. The molecule has 30 heavy (non-hydrogen) atoms. The first kappa shape index (κ1) is 20.8. The number of fused-ring (bicyclic) bond motifs is 2. The molecule has 0 aliphatic heterocycles. The molecule has 0 spiro atoms. The molecule has 1 aromatic carbocycles. The summed E-state index contributed by atoms with van der Waals surface area (Å²) in [6, 6.07) is 5.45. The molecule has 0 radical (unpaired) electrons. The number of nitrogens with zero attached hydrogens (tertiary/aromatic N) is 1. The number of halogens is 4. The second-order valence-corrected chi connectivity index (χ2v) is 8.20. The van der Waals surface area contributed by atoms with Gasteiger partial charge in [-0.05, 0) is 55.0 Å². The van der Waals surface area contributed by atoms with Crippen molar-refractivity contribution in [1.82, 2.24) is 4.98 Å². The van der Waals surface area contributed by atoms with Crippen molar-refractivity contribution < 1.29 is 27.5 Å². The summed E-state index contributed by atoms with van der Waals surface area (Å²) >= 11 is 5.66. The van der Waals surface area contributed by atoms with Gasteiger partial charge in [-0.3, -0.25) is 9.59 Å². The fourth-order valence-electron chi connectivity index (χ4n) is 4.47. The number of aryl methyl sites for hydroxylation is 1. The van der Waals surface area contributed by atoms with E-state index in [0.29, 0.717) is 31.2 Å². The van der Waals surface area contributed by atoms with E-state index in [1.807, 2.05) is 6.92 Å². The van der Waals surface area contributed by atoms with Gasteiger partial charge in [-0.25, -0.2) is 4.98 Å². The van der Waals surface area contributed by atoms with E-state index in [2.05, 4.69) is 4.98 Å². The predicted octanol–water partition coefficient (Wildman–Crippen LogP) is 5.76. The van der Waals surface area contributed by atoms with Crippen LogP contribution in [0.3, 0.4) is 0 Å². The molecular formula is C22H19ClF3NO3. The highest BCUT2D eigenvalue weighted by atomic mass is 35.5. The zero-order chi connectivity index (χ0) is 21.6. The van der Waals surface area contributed by atoms with Crippen LogP contribution in [0.1, 0.15) is 48.8 Å². The highest BCUT2D eigenvalue weighted by Crippen LogP contribution is 2.45. The molecule has 2 aliphatic rings. The van der Waals surface area contributed by atoms with Gasteiger partial charge in [-0.1, -0.05) is 24.6 Å². The van der Waals surface area contributed by atoms with Crippen LogP contribution < -0.4 is 4.74 Å². The Morgan fingerprint density at radius 3 is 2.40 bits per heavy atom. The maximum atomic E-state index is 13.3. The van der Waals surface area contributed by atoms with Crippen molar-refractivity contribution >= 4 is 23.2 Å². The van der Waals surface area contributed by atoms with Gasteiger partial charge in [0.1, 0.15) is 17.2 Å². The first-order valence-electron chi connectivity index (χ1n) is 9.80. The van der Waals surface area contributed by atoms with E-state index >= 15 is 0 Å². The van der Waals surface area contributed by atoms with Crippen molar-refractivity contribution in [1.29, 1.82) is 0 Å². The van der Waals surface area contributed by atoms with E-state index < -0.39 is 23.5 Å². The summed E-state index contributed by atoms with van der Waals surface area (Å²) in [4.78, 5) is 29.5. The number of alkyl halides is 3. The van der Waals surface area contributed by atoms with Gasteiger partial charge in [-0.15, -0.1) is 0 Å². The van der Waals surface area contributed by atoms with Gasteiger partial charge in [0.2, 0.25) is 5.88 Å². The Kier molecular flexibility index (Phi) is 5.34. The number of rotatable bonds is 4. The molecule has 0 amide bonds. The van der Waals surface area contributed by atoms with Crippen molar-refractivity contribution in [2.24, 2.45) is 11.8 Å². The highest BCUT2D eigenvalue weighted by Gasteiger charge is 2.48. The monoisotopic (exact) mass is 437 g/mol. The van der Waals surface area contributed by atoms with Crippen LogP contribution in [0.2, 0.25) is 5.02 Å². The van der Waals surface area contributed by atoms with Crippen LogP contribution in [0.5, 0.6) is 11.6 Å². The number of ether oxygens (including phenoxy) is 1. The molecule has 0 saturated heterocycles. The second-order valence-electron chi connectivity index (χ2n) is 7.76. The SMILES string of the molecule is CCc1ccc(Oc2ncc(Cl)cc2C(F)(F)F)cc1C1C(=O)[C@@H]2CC[C@@H](C2)C1=O. The summed E-state index contributed by atoms with van der Waals surface area (Å²) < 4.78 is 45.5. The van der Waals surface area contributed by atoms with Crippen LogP contribution in [0, 0.1) is 11.8 Å². The molecule has 1 unspecified atom stereocenters. The first-order chi connectivity index (χ1) is 14.2. The summed E-state index contributed by atoms with van der Waals surface area (Å²) in [6.45, 7) is 1.90. The molecule has 2 saturated carbocycles. The van der Waals surface area contributed by atoms with Crippen LogP contribution in [0.25, 0.3) is 0 Å². The van der Waals surface area contributed by atoms with Crippen molar-refractivity contribution in [3.8, 4) is 11.6 Å². The van der Waals surface area contributed by atoms with Crippen LogP contribution in [-0.4, -0.2) is 16.6 Å². The molecule has 8 heteroatoms. The van der Waals surface area contributed by atoms with Crippen LogP contribution >= 0.6 is 11.6 Å². The Morgan fingerprint density at radius 2 is 1.80 bits per heavy atom. The molecule has 4 nitrogen and oxygen atoms in total. The quantitative estimate of drug-likeness (QED) is 0.570. The van der Waals surface area contributed by atoms with Crippen molar-refractivity contribution in [3.05, 3.63) is 52.2 Å². The van der Waals surface area contributed by atoms with E-state index in [9.17, 15) is 22.8 Å². The standard InChI is InChI=1S/C22H19ClF3NO3/c1-2-11-5-6-15(30-21-17(22(24,25)26)8-14(23)10-27-21)9-16(11)18-19(28)12-3-4-13(7-12)20(18)29/h5-6,8-10,12-13,18H,2-4,7H2,1H3/t12-,13+,18?. The van der Waals surface area contributed by atoms with Crippen LogP contribution in [0.4, 0.5) is 13.2 Å². The minimum atomic E-state index is -4.70. The smallest absolute Gasteiger partial charge is 0.421 e. The largest absolute Gasteiger partial charge is 0.438 e. The third-order valence-electron chi connectivity index (χ3n) is 5.95. The van der Waals surface area contributed by atoms with Crippen molar-refractivity contribution in [3.63, 3.8) is 0 Å². The number of carbonyl (C=O) groups excluding carboxylic acids is 2. The summed E-state index contributed by atoms with van der Waals surface area (Å²) in [6.07, 6.45) is -1.02. The van der Waals surface area contributed by atoms with Gasteiger partial charge in [-0.2, -0.15) is 13.2 Å². The molecule has 2 bridgehead atoms. The fourth-order valence-corrected chi connectivity index (χ4v) is 4.62. The zero-order valence-electron chi connectivity index (χ0n) is 16.1. The lowest BCUT2D eigenvalue weighted by molar-refractivity contribution is -0.139. The van der Waals surface area contributed by atoms with Crippen LogP contribution in [0.15, 0.2) is 30.5 Å². The number of aromatic nitrogens is 1. The summed E-state index contributed by atoms with van der Waals surface area (Å²) in [7, 11) is 0. The lowest BCUT2D eigenvalue weighted by Crippen LogP contribution is -2.35. The Morgan fingerprint density at radius 1 is 1.13 bits per heavy atom. The maximum absolute atomic E-state index is 13.3. The van der Waals surface area contributed by atoms with Crippen molar-refractivity contribution in [2.45, 2.75) is 44.7 Å². The fraction of sp³-hybridized carbons (Fsp3) is 0.409. The lowest BCUT2D eigenvalue weighted by atomic mass is 9.74. The minimum absolute atomic E-state index is 0.0843. The van der Waals surface area contributed by atoms with Gasteiger partial charge in [0.15, 0.2) is 11.6 Å². The highest BCUT2D eigenvalue weighted by molar-refractivity contribution is 6.30. The summed E-state index contributed by atoms with van der Waals surface area (Å²) in [5, 5.41) is -0.162. The number of pyridine rings is 1. The Hall–Kier alpha value is -2.41. The predicted molar refractivity (Wildman–Crippen MR) is 104 cm³/mol. The average Bonchev–Trinajstić information content (AvgIpc) is 3.15. The molecule has 0 N–H and O–H groups in total. The number of hydrogen-bond acceptors (Lipinski definition) is 4. The Balaban J connectivity index is 1.73.